The summed E-state index contributed by atoms with van der Waals surface area (Å²) in [6.07, 6.45) is 2.27. The van der Waals surface area contributed by atoms with Gasteiger partial charge in [-0.25, -0.2) is 0 Å². The Morgan fingerprint density at radius 2 is 1.62 bits per heavy atom. The Labute approximate surface area is 145 Å². The van der Waals surface area contributed by atoms with E-state index in [1.807, 2.05) is 30.3 Å². The maximum absolute atomic E-state index is 12.3. The van der Waals surface area contributed by atoms with Crippen LogP contribution in [0.15, 0.2) is 54.6 Å². The molecule has 6 heteroatoms. The van der Waals surface area contributed by atoms with Crippen LogP contribution in [-0.2, 0) is 0 Å². The fraction of sp³-hybridized carbons (Fsp3) is 0.278. The zero-order chi connectivity index (χ0) is 16.9. The average Bonchev–Trinajstić information content (AvgIpc) is 3.38. The fourth-order valence-corrected chi connectivity index (χ4v) is 2.72. The molecule has 1 aliphatic carbocycles. The van der Waals surface area contributed by atoms with E-state index in [4.69, 9.17) is 12.2 Å². The summed E-state index contributed by atoms with van der Waals surface area (Å²) in [5, 5.41) is 7.17. The van der Waals surface area contributed by atoms with Gasteiger partial charge in [-0.2, -0.15) is 8.78 Å². The number of halogens is 2. The Hall–Kier alpha value is -2.21. The lowest BCUT2D eigenvalue weighted by molar-refractivity contribution is -0.0498. The van der Waals surface area contributed by atoms with Crippen molar-refractivity contribution in [3.05, 3.63) is 65.7 Å². The summed E-state index contributed by atoms with van der Waals surface area (Å²) in [5.41, 5.74) is 1.96. The van der Waals surface area contributed by atoms with Crippen LogP contribution >= 0.6 is 12.2 Å². The molecule has 126 valence electrons. The average molecular weight is 348 g/mol. The summed E-state index contributed by atoms with van der Waals surface area (Å²) < 4.78 is 29.0. The topological polar surface area (TPSA) is 33.3 Å². The molecule has 1 saturated carbocycles. The Morgan fingerprint density at radius 1 is 1.00 bits per heavy atom. The van der Waals surface area contributed by atoms with E-state index >= 15 is 0 Å². The van der Waals surface area contributed by atoms with Crippen LogP contribution in [0, 0.1) is 0 Å². The van der Waals surface area contributed by atoms with Crippen molar-refractivity contribution in [1.82, 2.24) is 10.6 Å². The number of nitrogens with one attached hydrogen (secondary N) is 2. The van der Waals surface area contributed by atoms with E-state index < -0.39 is 6.61 Å². The third-order valence-electron chi connectivity index (χ3n) is 3.76. The van der Waals surface area contributed by atoms with Gasteiger partial charge in [0.15, 0.2) is 5.11 Å². The molecule has 0 amide bonds. The first-order valence-corrected chi connectivity index (χ1v) is 8.19. The zero-order valence-corrected chi connectivity index (χ0v) is 13.7. The molecule has 1 aliphatic rings. The van der Waals surface area contributed by atoms with Crippen LogP contribution in [-0.4, -0.2) is 17.8 Å². The van der Waals surface area contributed by atoms with Crippen molar-refractivity contribution in [2.24, 2.45) is 0 Å². The van der Waals surface area contributed by atoms with Crippen molar-refractivity contribution in [2.45, 2.75) is 31.5 Å². The molecule has 0 bridgehead atoms. The predicted molar refractivity (Wildman–Crippen MR) is 93.3 cm³/mol. The minimum absolute atomic E-state index is 0.138. The maximum Gasteiger partial charge on any atom is 0.387 e. The Balaban J connectivity index is 1.79. The first-order chi connectivity index (χ1) is 11.6. The molecule has 0 saturated heterocycles. The molecule has 0 heterocycles. The van der Waals surface area contributed by atoms with E-state index in [0.717, 1.165) is 24.0 Å². The van der Waals surface area contributed by atoms with Crippen molar-refractivity contribution in [3.8, 4) is 5.75 Å². The van der Waals surface area contributed by atoms with Gasteiger partial charge < -0.3 is 15.4 Å². The Bertz CT molecular complexity index is 675. The number of rotatable bonds is 6. The Morgan fingerprint density at radius 3 is 2.21 bits per heavy atom. The summed E-state index contributed by atoms with van der Waals surface area (Å²) in [6, 6.07) is 16.8. The largest absolute Gasteiger partial charge is 0.435 e. The van der Waals surface area contributed by atoms with E-state index in [2.05, 4.69) is 15.4 Å². The zero-order valence-electron chi connectivity index (χ0n) is 12.9. The van der Waals surface area contributed by atoms with Crippen LogP contribution in [0.1, 0.15) is 30.0 Å². The lowest BCUT2D eigenvalue weighted by Gasteiger charge is -2.22. The monoisotopic (exact) mass is 348 g/mol. The van der Waals surface area contributed by atoms with Crippen LogP contribution < -0.4 is 15.4 Å². The number of hydrogen-bond acceptors (Lipinski definition) is 2. The lowest BCUT2D eigenvalue weighted by Crippen LogP contribution is -2.39. The highest BCUT2D eigenvalue weighted by Gasteiger charge is 2.23. The van der Waals surface area contributed by atoms with Crippen LogP contribution in [0.25, 0.3) is 0 Å². The second kappa shape index (κ2) is 7.57. The summed E-state index contributed by atoms with van der Waals surface area (Å²) >= 11 is 5.38. The summed E-state index contributed by atoms with van der Waals surface area (Å²) in [7, 11) is 0. The number of ether oxygens (including phenoxy) is 1. The van der Waals surface area contributed by atoms with E-state index in [1.54, 1.807) is 12.1 Å². The molecule has 0 aromatic heterocycles. The molecule has 0 unspecified atom stereocenters. The maximum atomic E-state index is 12.3. The van der Waals surface area contributed by atoms with Crippen LogP contribution in [0.3, 0.4) is 0 Å². The van der Waals surface area contributed by atoms with Gasteiger partial charge in [-0.15, -0.1) is 0 Å². The van der Waals surface area contributed by atoms with E-state index in [9.17, 15) is 8.78 Å². The summed E-state index contributed by atoms with van der Waals surface area (Å²) in [5.74, 6) is 0.138. The molecule has 2 aromatic carbocycles. The quantitative estimate of drug-likeness (QED) is 0.773. The smallest absolute Gasteiger partial charge is 0.387 e. The van der Waals surface area contributed by atoms with E-state index in [0.29, 0.717) is 11.2 Å². The minimum atomic E-state index is -2.82. The normalized spacial score (nSPS) is 15.0. The summed E-state index contributed by atoms with van der Waals surface area (Å²) in [4.78, 5) is 0. The minimum Gasteiger partial charge on any atom is -0.435 e. The highest BCUT2D eigenvalue weighted by atomic mass is 32.1. The highest BCUT2D eigenvalue weighted by Crippen LogP contribution is 2.25. The van der Waals surface area contributed by atoms with Crippen molar-refractivity contribution < 1.29 is 13.5 Å². The van der Waals surface area contributed by atoms with Crippen molar-refractivity contribution >= 4 is 17.3 Å². The molecule has 0 radical (unpaired) electrons. The van der Waals surface area contributed by atoms with Crippen molar-refractivity contribution in [2.75, 3.05) is 0 Å². The third-order valence-corrected chi connectivity index (χ3v) is 4.00. The van der Waals surface area contributed by atoms with Gasteiger partial charge in [0.25, 0.3) is 0 Å². The van der Waals surface area contributed by atoms with Gasteiger partial charge in [0.2, 0.25) is 0 Å². The van der Waals surface area contributed by atoms with E-state index in [-0.39, 0.29) is 11.8 Å². The third kappa shape index (κ3) is 4.64. The van der Waals surface area contributed by atoms with Gasteiger partial charge in [0.1, 0.15) is 5.75 Å². The molecule has 0 spiro atoms. The number of thiocarbonyl (C=S) groups is 1. The van der Waals surface area contributed by atoms with Crippen molar-refractivity contribution in [3.63, 3.8) is 0 Å². The second-order valence-electron chi connectivity index (χ2n) is 5.68. The molecule has 24 heavy (non-hydrogen) atoms. The first kappa shape index (κ1) is 16.6. The molecule has 2 N–H and O–H groups in total. The number of hydrogen-bond donors (Lipinski definition) is 2. The molecule has 1 fully saturated rings. The molecular formula is C18H18F2N2OS. The molecule has 1 atom stereocenters. The van der Waals surface area contributed by atoms with Gasteiger partial charge in [0.05, 0.1) is 6.04 Å². The van der Waals surface area contributed by atoms with Gasteiger partial charge >= 0.3 is 6.61 Å². The first-order valence-electron chi connectivity index (χ1n) is 7.78. The highest BCUT2D eigenvalue weighted by molar-refractivity contribution is 7.80. The van der Waals surface area contributed by atoms with Gasteiger partial charge in [-0.05, 0) is 48.3 Å². The van der Waals surface area contributed by atoms with Crippen LogP contribution in [0.5, 0.6) is 5.75 Å². The Kier molecular flexibility index (Phi) is 5.25. The predicted octanol–water partition coefficient (Wildman–Crippen LogP) is 4.00. The van der Waals surface area contributed by atoms with Crippen LogP contribution in [0.4, 0.5) is 8.78 Å². The molecule has 0 aliphatic heterocycles. The van der Waals surface area contributed by atoms with Gasteiger partial charge in [-0.3, -0.25) is 0 Å². The van der Waals surface area contributed by atoms with Crippen LogP contribution in [0.2, 0.25) is 0 Å². The van der Waals surface area contributed by atoms with Gasteiger partial charge in [-0.1, -0.05) is 42.5 Å². The number of benzene rings is 2. The van der Waals surface area contributed by atoms with Gasteiger partial charge in [0, 0.05) is 6.04 Å². The standard InChI is InChI=1S/C18H18F2N2OS/c19-17(20)23-15-10-6-13(7-11-15)16(12-4-2-1-3-5-12)22-18(24)21-14-8-9-14/h1-7,10-11,14,16-17H,8-9H2,(H2,21,22,24)/t16-/m1/s1. The summed E-state index contributed by atoms with van der Waals surface area (Å²) in [6.45, 7) is -2.82. The number of alkyl halides is 2. The fourth-order valence-electron chi connectivity index (χ4n) is 2.43. The molecule has 3 rings (SSSR count). The lowest BCUT2D eigenvalue weighted by atomic mass is 9.99. The molecule has 3 nitrogen and oxygen atoms in total. The SMILES string of the molecule is FC(F)Oc1ccc([C@H](NC(=S)NC2CC2)c2ccccc2)cc1. The van der Waals surface area contributed by atoms with Crippen molar-refractivity contribution in [1.29, 1.82) is 0 Å². The van der Waals surface area contributed by atoms with E-state index in [1.165, 1.54) is 12.1 Å². The second-order valence-corrected chi connectivity index (χ2v) is 6.09. The molecule has 2 aromatic rings. The molecular weight excluding hydrogens is 330 g/mol.